The predicted octanol–water partition coefficient (Wildman–Crippen LogP) is 3.00. The minimum Gasteiger partial charge on any atom is -0.368 e. The molecular weight excluding hydrogens is 328 g/mol. The number of nitrogens with one attached hydrogen (secondary N) is 2. The molecule has 0 aliphatic rings. The smallest absolute Gasteiger partial charge is 0.263 e. The monoisotopic (exact) mass is 358 g/mol. The summed E-state index contributed by atoms with van der Waals surface area (Å²) in [4.78, 5) is 11.6. The first-order chi connectivity index (χ1) is 12.7. The van der Waals surface area contributed by atoms with Crippen molar-refractivity contribution < 1.29 is 4.79 Å². The molecule has 1 heterocycles. The van der Waals surface area contributed by atoms with Crippen LogP contribution in [0.15, 0.2) is 24.3 Å². The lowest BCUT2D eigenvalue weighted by Crippen LogP contribution is -2.36. The van der Waals surface area contributed by atoms with E-state index in [1.807, 2.05) is 0 Å². The lowest BCUT2D eigenvalue weighted by Gasteiger charge is -2.13. The minimum absolute atomic E-state index is 0.281. The van der Waals surface area contributed by atoms with Crippen LogP contribution in [0.4, 0.5) is 5.95 Å². The van der Waals surface area contributed by atoms with Crippen molar-refractivity contribution in [2.24, 2.45) is 5.73 Å². The Hall–Kier alpha value is -2.44. The Morgan fingerprint density at radius 3 is 2.35 bits per heavy atom. The number of unbranched alkanes of at least 4 members (excludes halogenated alkanes) is 5. The third-order valence-electron chi connectivity index (χ3n) is 4.56. The van der Waals surface area contributed by atoms with E-state index in [4.69, 9.17) is 5.73 Å². The number of aryl methyl sites for hydroxylation is 2. The number of nitrogens with two attached hydrogens (primary N) is 1. The molecule has 7 nitrogen and oxygen atoms in total. The summed E-state index contributed by atoms with van der Waals surface area (Å²) in [7, 11) is 0. The van der Waals surface area contributed by atoms with Crippen LogP contribution in [0.2, 0.25) is 0 Å². The number of primary amides is 1. The van der Waals surface area contributed by atoms with Crippen molar-refractivity contribution in [1.82, 2.24) is 20.6 Å². The largest absolute Gasteiger partial charge is 0.368 e. The van der Waals surface area contributed by atoms with Crippen LogP contribution >= 0.6 is 0 Å². The molecule has 0 aliphatic heterocycles. The molecule has 4 N–H and O–H groups in total. The lowest BCUT2D eigenvalue weighted by atomic mass is 10.0. The fourth-order valence-corrected chi connectivity index (χ4v) is 2.96. The van der Waals surface area contributed by atoms with Crippen LogP contribution < -0.4 is 11.1 Å². The van der Waals surface area contributed by atoms with E-state index >= 15 is 0 Å². The van der Waals surface area contributed by atoms with E-state index in [-0.39, 0.29) is 5.95 Å². The van der Waals surface area contributed by atoms with Crippen molar-refractivity contribution in [2.45, 2.75) is 70.8 Å². The number of anilines is 1. The predicted molar refractivity (Wildman–Crippen MR) is 103 cm³/mol. The summed E-state index contributed by atoms with van der Waals surface area (Å²) in [5, 5.41) is 16.3. The second kappa shape index (κ2) is 11.2. The van der Waals surface area contributed by atoms with Crippen molar-refractivity contribution in [3.8, 4) is 0 Å². The number of aromatic amines is 1. The highest BCUT2D eigenvalue weighted by Gasteiger charge is 2.16. The summed E-state index contributed by atoms with van der Waals surface area (Å²) in [6.45, 7) is 2.24. The van der Waals surface area contributed by atoms with E-state index in [9.17, 15) is 4.79 Å². The van der Waals surface area contributed by atoms with E-state index in [0.29, 0.717) is 6.42 Å². The first-order valence-corrected chi connectivity index (χ1v) is 9.56. The number of carbonyl (C=O) groups is 1. The van der Waals surface area contributed by atoms with Crippen LogP contribution in [-0.2, 0) is 17.6 Å². The first-order valence-electron chi connectivity index (χ1n) is 9.56. The van der Waals surface area contributed by atoms with Gasteiger partial charge in [0.1, 0.15) is 6.04 Å². The van der Waals surface area contributed by atoms with Gasteiger partial charge in [0, 0.05) is 0 Å². The second-order valence-electron chi connectivity index (χ2n) is 6.71. The van der Waals surface area contributed by atoms with Crippen LogP contribution in [0.5, 0.6) is 0 Å². The number of benzene rings is 1. The molecule has 142 valence electrons. The maximum absolute atomic E-state index is 11.6. The summed E-state index contributed by atoms with van der Waals surface area (Å²) >= 11 is 0. The number of aromatic nitrogens is 4. The van der Waals surface area contributed by atoms with Gasteiger partial charge in [0.2, 0.25) is 5.91 Å². The summed E-state index contributed by atoms with van der Waals surface area (Å²) in [5.74, 6) is -0.141. The molecule has 0 saturated carbocycles. The number of rotatable bonds is 13. The van der Waals surface area contributed by atoms with Crippen LogP contribution in [0, 0.1) is 0 Å². The van der Waals surface area contributed by atoms with Crippen LogP contribution in [0.25, 0.3) is 0 Å². The average Bonchev–Trinajstić information content (AvgIpc) is 3.15. The van der Waals surface area contributed by atoms with Gasteiger partial charge in [-0.3, -0.25) is 4.79 Å². The molecule has 0 aliphatic carbocycles. The first kappa shape index (κ1) is 19.9. The molecule has 1 unspecified atom stereocenters. The molecule has 1 amide bonds. The molecule has 26 heavy (non-hydrogen) atoms. The fourth-order valence-electron chi connectivity index (χ4n) is 2.96. The number of hydrogen-bond donors (Lipinski definition) is 3. The lowest BCUT2D eigenvalue weighted by molar-refractivity contribution is -0.118. The Morgan fingerprint density at radius 1 is 1.08 bits per heavy atom. The van der Waals surface area contributed by atoms with Gasteiger partial charge in [-0.2, -0.15) is 5.21 Å². The van der Waals surface area contributed by atoms with Crippen molar-refractivity contribution in [1.29, 1.82) is 0 Å². The van der Waals surface area contributed by atoms with Gasteiger partial charge in [-0.05, 0) is 42.0 Å². The fraction of sp³-hybridized carbons (Fsp3) is 0.579. The molecule has 0 bridgehead atoms. The molecule has 0 radical (unpaired) electrons. The average molecular weight is 358 g/mol. The molecule has 0 fully saturated rings. The maximum Gasteiger partial charge on any atom is 0.263 e. The molecule has 1 aromatic heterocycles. The number of carbonyl (C=O) groups excluding carboxylic acids is 1. The van der Waals surface area contributed by atoms with Crippen LogP contribution in [0.3, 0.4) is 0 Å². The Kier molecular flexibility index (Phi) is 8.59. The van der Waals surface area contributed by atoms with Gasteiger partial charge in [0.15, 0.2) is 0 Å². The molecule has 2 aromatic rings. The topological polar surface area (TPSA) is 110 Å². The van der Waals surface area contributed by atoms with Gasteiger partial charge < -0.3 is 11.1 Å². The number of tetrazole rings is 1. The summed E-state index contributed by atoms with van der Waals surface area (Å²) < 4.78 is 0. The quantitative estimate of drug-likeness (QED) is 0.477. The highest BCUT2D eigenvalue weighted by atomic mass is 16.1. The Balaban J connectivity index is 1.72. The van der Waals surface area contributed by atoms with Gasteiger partial charge >= 0.3 is 0 Å². The van der Waals surface area contributed by atoms with Gasteiger partial charge in [-0.1, -0.05) is 68.4 Å². The number of hydrogen-bond acceptors (Lipinski definition) is 5. The van der Waals surface area contributed by atoms with Crippen LogP contribution in [-0.4, -0.2) is 32.6 Å². The third-order valence-corrected chi connectivity index (χ3v) is 4.56. The van der Waals surface area contributed by atoms with Crippen molar-refractivity contribution in [2.75, 3.05) is 5.32 Å². The van der Waals surface area contributed by atoms with Crippen molar-refractivity contribution in [3.05, 3.63) is 35.4 Å². The Morgan fingerprint density at radius 2 is 1.73 bits per heavy atom. The van der Waals surface area contributed by atoms with Gasteiger partial charge in [0.05, 0.1) is 0 Å². The summed E-state index contributed by atoms with van der Waals surface area (Å²) in [6, 6.07) is 8.13. The van der Waals surface area contributed by atoms with Gasteiger partial charge in [-0.15, -0.1) is 5.10 Å². The molecule has 1 aromatic carbocycles. The molecule has 2 rings (SSSR count). The third kappa shape index (κ3) is 7.21. The zero-order valence-corrected chi connectivity index (χ0v) is 15.6. The standard InChI is InChI=1S/C19H30N6O/c1-2-3-4-5-6-7-8-15-9-11-16(12-10-15)13-14-17(18(20)26)21-19-22-24-25-23-19/h9-12,17H,2-8,13-14H2,1H3,(H2,20,26)(H2,21,22,23,24,25). The van der Waals surface area contributed by atoms with E-state index in [1.54, 1.807) is 0 Å². The zero-order chi connectivity index (χ0) is 18.6. The second-order valence-corrected chi connectivity index (χ2v) is 6.71. The number of nitrogens with zero attached hydrogens (tertiary/aromatic N) is 3. The minimum atomic E-state index is -0.518. The summed E-state index contributed by atoms with van der Waals surface area (Å²) in [6.07, 6.45) is 10.4. The van der Waals surface area contributed by atoms with Crippen molar-refractivity contribution in [3.63, 3.8) is 0 Å². The summed E-state index contributed by atoms with van der Waals surface area (Å²) in [5.41, 5.74) is 8.02. The van der Waals surface area contributed by atoms with Gasteiger partial charge in [-0.25, -0.2) is 0 Å². The van der Waals surface area contributed by atoms with Crippen LogP contribution in [0.1, 0.15) is 63.0 Å². The molecular formula is C19H30N6O. The van der Waals surface area contributed by atoms with E-state index in [2.05, 4.69) is 57.1 Å². The Bertz CT molecular complexity index is 626. The molecule has 7 heteroatoms. The van der Waals surface area contributed by atoms with Gasteiger partial charge in [0.25, 0.3) is 5.95 Å². The number of H-pyrrole nitrogens is 1. The zero-order valence-electron chi connectivity index (χ0n) is 15.6. The SMILES string of the molecule is CCCCCCCCc1ccc(CCC(Nc2nn[nH]n2)C(N)=O)cc1. The highest BCUT2D eigenvalue weighted by molar-refractivity contribution is 5.82. The van der Waals surface area contributed by atoms with E-state index < -0.39 is 11.9 Å². The van der Waals surface area contributed by atoms with E-state index in [1.165, 1.54) is 49.7 Å². The molecule has 1 atom stereocenters. The normalized spacial score (nSPS) is 12.0. The molecule has 0 spiro atoms. The Labute approximate surface area is 155 Å². The number of amides is 1. The van der Waals surface area contributed by atoms with Crippen molar-refractivity contribution >= 4 is 11.9 Å². The molecule has 0 saturated heterocycles. The maximum atomic E-state index is 11.6. The van der Waals surface area contributed by atoms with E-state index in [0.717, 1.165) is 12.8 Å². The highest BCUT2D eigenvalue weighted by Crippen LogP contribution is 2.13.